The smallest absolute Gasteiger partial charge is 0.269 e. The molecule has 1 saturated carbocycles. The minimum atomic E-state index is -3.88. The van der Waals surface area contributed by atoms with Crippen LogP contribution in [-0.4, -0.2) is 42.5 Å². The van der Waals surface area contributed by atoms with E-state index in [4.69, 9.17) is 11.6 Å². The first kappa shape index (κ1) is 18.0. The molecule has 0 N–H and O–H groups in total. The molecule has 6 nitrogen and oxygen atoms in total. The molecule has 0 spiro atoms. The Kier molecular flexibility index (Phi) is 4.24. The van der Waals surface area contributed by atoms with Crippen LogP contribution in [0.25, 0.3) is 0 Å². The molecular weight excluding hydrogens is 388 g/mol. The lowest BCUT2D eigenvalue weighted by molar-refractivity contribution is 0.0783. The zero-order valence-corrected chi connectivity index (χ0v) is 16.1. The maximum absolute atomic E-state index is 12.8. The lowest BCUT2D eigenvalue weighted by Gasteiger charge is -2.18. The monoisotopic (exact) mass is 404 g/mol. The summed E-state index contributed by atoms with van der Waals surface area (Å²) in [5, 5.41) is 0.579. The Morgan fingerprint density at radius 1 is 1.22 bits per heavy atom. The predicted octanol–water partition coefficient (Wildman–Crippen LogP) is 2.92. The minimum absolute atomic E-state index is 0.0820. The maximum Gasteiger partial charge on any atom is 0.269 e. The van der Waals surface area contributed by atoms with E-state index in [2.05, 4.69) is 0 Å². The van der Waals surface area contributed by atoms with Gasteiger partial charge in [0.2, 0.25) is 0 Å². The highest BCUT2D eigenvalue weighted by Gasteiger charge is 2.48. The molecule has 2 aromatic rings. The molecule has 1 heterocycles. The van der Waals surface area contributed by atoms with Gasteiger partial charge in [0.25, 0.3) is 21.8 Å². The summed E-state index contributed by atoms with van der Waals surface area (Å²) in [6.45, 7) is 0.330. The summed E-state index contributed by atoms with van der Waals surface area (Å²) in [5.74, 6) is -0.830. The van der Waals surface area contributed by atoms with Crippen molar-refractivity contribution in [3.8, 4) is 0 Å². The van der Waals surface area contributed by atoms with Gasteiger partial charge in [0.15, 0.2) is 0 Å². The van der Waals surface area contributed by atoms with Gasteiger partial charge in [0.1, 0.15) is 4.90 Å². The molecule has 0 aromatic heterocycles. The average molecular weight is 405 g/mol. The van der Waals surface area contributed by atoms with E-state index >= 15 is 0 Å². The molecule has 1 fully saturated rings. The lowest BCUT2D eigenvalue weighted by Crippen LogP contribution is -2.32. The Morgan fingerprint density at radius 2 is 1.96 bits per heavy atom. The molecule has 2 aliphatic rings. The van der Waals surface area contributed by atoms with Crippen LogP contribution in [-0.2, 0) is 16.6 Å². The van der Waals surface area contributed by atoms with Crippen molar-refractivity contribution in [3.05, 3.63) is 64.2 Å². The van der Waals surface area contributed by atoms with Crippen LogP contribution < -0.4 is 0 Å². The number of carbonyl (C=O) groups excluding carboxylic acids is 2. The first-order valence-electron chi connectivity index (χ1n) is 8.52. The van der Waals surface area contributed by atoms with Crippen molar-refractivity contribution in [1.82, 2.24) is 9.21 Å². The summed E-state index contributed by atoms with van der Waals surface area (Å²) in [4.78, 5) is 26.6. The van der Waals surface area contributed by atoms with Gasteiger partial charge in [-0.25, -0.2) is 12.7 Å². The van der Waals surface area contributed by atoms with Gasteiger partial charge >= 0.3 is 0 Å². The molecule has 8 heteroatoms. The molecule has 2 amide bonds. The Bertz CT molecular complexity index is 1060. The van der Waals surface area contributed by atoms with Crippen molar-refractivity contribution in [2.75, 3.05) is 7.05 Å². The first-order valence-corrected chi connectivity index (χ1v) is 10.3. The number of hydrogen-bond acceptors (Lipinski definition) is 4. The van der Waals surface area contributed by atoms with E-state index in [9.17, 15) is 18.0 Å². The third kappa shape index (κ3) is 3.11. The highest BCUT2D eigenvalue weighted by atomic mass is 35.5. The molecule has 0 unspecified atom stereocenters. The first-order chi connectivity index (χ1) is 12.8. The lowest BCUT2D eigenvalue weighted by atomic mass is 10.1. The number of nitrogens with zero attached hydrogens (tertiary/aromatic N) is 2. The normalized spacial score (nSPS) is 17.7. The summed E-state index contributed by atoms with van der Waals surface area (Å²) in [6, 6.07) is 11.2. The Hall–Kier alpha value is -2.38. The number of benzene rings is 2. The summed E-state index contributed by atoms with van der Waals surface area (Å²) in [7, 11) is -2.25. The summed E-state index contributed by atoms with van der Waals surface area (Å²) < 4.78 is 26.4. The molecule has 0 saturated heterocycles. The van der Waals surface area contributed by atoms with Crippen molar-refractivity contribution >= 4 is 33.4 Å². The number of halogens is 1. The van der Waals surface area contributed by atoms with E-state index in [1.807, 2.05) is 6.07 Å². The number of hydrogen-bond donors (Lipinski definition) is 0. The fourth-order valence-electron chi connectivity index (χ4n) is 3.25. The second-order valence-corrected chi connectivity index (χ2v) is 9.06. The van der Waals surface area contributed by atoms with Crippen LogP contribution in [0.5, 0.6) is 0 Å². The van der Waals surface area contributed by atoms with Crippen LogP contribution in [0, 0.1) is 0 Å². The van der Waals surface area contributed by atoms with E-state index < -0.39 is 15.9 Å². The number of carbonyl (C=O) groups is 2. The van der Waals surface area contributed by atoms with Gasteiger partial charge in [0, 0.05) is 30.2 Å². The third-order valence-electron chi connectivity index (χ3n) is 4.73. The molecular formula is C19H17ClN2O4S. The van der Waals surface area contributed by atoms with Gasteiger partial charge in [-0.15, -0.1) is 0 Å². The van der Waals surface area contributed by atoms with Crippen LogP contribution in [0.15, 0.2) is 47.4 Å². The molecule has 2 aromatic carbocycles. The van der Waals surface area contributed by atoms with Crippen LogP contribution in [0.2, 0.25) is 5.02 Å². The fraction of sp³-hybridized carbons (Fsp3) is 0.263. The molecule has 4 rings (SSSR count). The van der Waals surface area contributed by atoms with Gasteiger partial charge in [-0.1, -0.05) is 23.7 Å². The molecule has 140 valence electrons. The fourth-order valence-corrected chi connectivity index (χ4v) is 5.31. The van der Waals surface area contributed by atoms with Crippen molar-refractivity contribution in [2.24, 2.45) is 0 Å². The molecule has 1 aliphatic heterocycles. The maximum atomic E-state index is 12.8. The highest BCUT2D eigenvalue weighted by molar-refractivity contribution is 7.90. The molecule has 0 bridgehead atoms. The van der Waals surface area contributed by atoms with Crippen LogP contribution in [0.4, 0.5) is 0 Å². The topological polar surface area (TPSA) is 74.8 Å². The van der Waals surface area contributed by atoms with Crippen molar-refractivity contribution in [3.63, 3.8) is 0 Å². The third-order valence-corrected chi connectivity index (χ3v) is 6.84. The van der Waals surface area contributed by atoms with Crippen molar-refractivity contribution in [1.29, 1.82) is 0 Å². The highest BCUT2D eigenvalue weighted by Crippen LogP contribution is 2.39. The van der Waals surface area contributed by atoms with Crippen LogP contribution in [0.3, 0.4) is 0 Å². The summed E-state index contributed by atoms with van der Waals surface area (Å²) in [5.41, 5.74) is 1.23. The summed E-state index contributed by atoms with van der Waals surface area (Å²) >= 11 is 5.97. The molecule has 1 aliphatic carbocycles. The molecule has 0 atom stereocenters. The van der Waals surface area contributed by atoms with Gasteiger partial charge in [-0.05, 0) is 48.7 Å². The minimum Gasteiger partial charge on any atom is -0.337 e. The van der Waals surface area contributed by atoms with Gasteiger partial charge in [-0.2, -0.15) is 0 Å². The van der Waals surface area contributed by atoms with Gasteiger partial charge in [-0.3, -0.25) is 9.59 Å². The van der Waals surface area contributed by atoms with Crippen molar-refractivity contribution in [2.45, 2.75) is 30.3 Å². The van der Waals surface area contributed by atoms with Crippen LogP contribution in [0.1, 0.15) is 39.1 Å². The second kappa shape index (κ2) is 6.35. The SMILES string of the molecule is CN(Cc1cccc(Cl)c1)C(=O)c1ccc2c(c1)S(=O)(=O)N(C1CC1)C2=O. The van der Waals surface area contributed by atoms with Crippen molar-refractivity contribution < 1.29 is 18.0 Å². The Balaban J connectivity index is 1.62. The van der Waals surface area contributed by atoms with Crippen LogP contribution >= 0.6 is 11.6 Å². The van der Waals surface area contributed by atoms with Gasteiger partial charge < -0.3 is 4.90 Å². The zero-order chi connectivity index (χ0) is 19.3. The molecule has 27 heavy (non-hydrogen) atoms. The van der Waals surface area contributed by atoms with E-state index in [0.29, 0.717) is 24.4 Å². The Labute approximate surface area is 162 Å². The summed E-state index contributed by atoms with van der Waals surface area (Å²) in [6.07, 6.45) is 1.38. The average Bonchev–Trinajstić information content (AvgIpc) is 3.42. The number of amides is 2. The second-order valence-electron chi connectivity index (χ2n) is 6.84. The Morgan fingerprint density at radius 3 is 2.63 bits per heavy atom. The quantitative estimate of drug-likeness (QED) is 0.785. The molecule has 0 radical (unpaired) electrons. The number of sulfonamides is 1. The largest absolute Gasteiger partial charge is 0.337 e. The predicted molar refractivity (Wildman–Crippen MR) is 100 cm³/mol. The van der Waals surface area contributed by atoms with E-state index in [-0.39, 0.29) is 28.0 Å². The van der Waals surface area contributed by atoms with E-state index in [0.717, 1.165) is 9.87 Å². The van der Waals surface area contributed by atoms with E-state index in [1.165, 1.54) is 23.1 Å². The standard InChI is InChI=1S/C19H17ClN2O4S/c1-21(11-12-3-2-4-14(20)9-12)18(23)13-5-8-16-17(10-13)27(25,26)22(19(16)24)15-6-7-15/h2-5,8-10,15H,6-7,11H2,1H3. The zero-order valence-electron chi connectivity index (χ0n) is 14.6. The number of rotatable bonds is 4. The number of fused-ring (bicyclic) bond motifs is 1. The van der Waals surface area contributed by atoms with Gasteiger partial charge in [0.05, 0.1) is 5.56 Å². The van der Waals surface area contributed by atoms with E-state index in [1.54, 1.807) is 25.2 Å².